The molecule has 2 aliphatic heterocycles. The van der Waals surface area contributed by atoms with Crippen LogP contribution < -0.4 is 10.6 Å². The quantitative estimate of drug-likeness (QED) is 0.391. The number of rotatable bonds is 8. The highest BCUT2D eigenvalue weighted by Crippen LogP contribution is 2.41. The smallest absolute Gasteiger partial charge is 0.338 e. The fourth-order valence-corrected chi connectivity index (χ4v) is 4.41. The van der Waals surface area contributed by atoms with Crippen LogP contribution in [-0.2, 0) is 14.2 Å². The fraction of sp³-hybridized carbons (Fsp3) is 0.200. The van der Waals surface area contributed by atoms with Gasteiger partial charge in [-0.25, -0.2) is 14.4 Å². The van der Waals surface area contributed by atoms with E-state index in [9.17, 15) is 19.2 Å². The third kappa shape index (κ3) is 6.13. The molecule has 3 amide bonds. The van der Waals surface area contributed by atoms with Crippen LogP contribution in [0.15, 0.2) is 103 Å². The van der Waals surface area contributed by atoms with Gasteiger partial charge in [0.2, 0.25) is 6.23 Å². The summed E-state index contributed by atoms with van der Waals surface area (Å²) in [6.45, 7) is -0.693. The standard InChI is InChI=1S/C30H25F2N3O7/c31-30(32)24(42-27(38)21-14-8-3-9-15-21)22(18-40-26(37)20-12-6-2-7-13-20)41-28(30)35-17-16-23(34-29(35)39)33-25(36)19-10-4-1-5-11-19/h1-17,22-24,28H,18H2,(H,33,36)(H,34,39)/t22-,23?,24-,28-/m1/s1. The maximum atomic E-state index is 15.9. The molecule has 5 rings (SSSR count). The minimum absolute atomic E-state index is 0.0180. The Morgan fingerprint density at radius 1 is 0.857 bits per heavy atom. The first-order chi connectivity index (χ1) is 20.2. The number of benzene rings is 3. The van der Waals surface area contributed by atoms with Crippen molar-refractivity contribution >= 4 is 23.9 Å². The predicted molar refractivity (Wildman–Crippen MR) is 143 cm³/mol. The number of nitrogens with zero attached hydrogens (tertiary/aromatic N) is 1. The van der Waals surface area contributed by atoms with Gasteiger partial charge in [0.15, 0.2) is 6.10 Å². The largest absolute Gasteiger partial charge is 0.459 e. The molecule has 2 N–H and O–H groups in total. The summed E-state index contributed by atoms with van der Waals surface area (Å²) < 4.78 is 47.7. The third-order valence-corrected chi connectivity index (χ3v) is 6.51. The number of esters is 2. The van der Waals surface area contributed by atoms with E-state index < -0.39 is 61.0 Å². The van der Waals surface area contributed by atoms with Crippen LogP contribution in [0, 0.1) is 0 Å². The lowest BCUT2D eigenvalue weighted by molar-refractivity contribution is -0.147. The third-order valence-electron chi connectivity index (χ3n) is 6.51. The van der Waals surface area contributed by atoms with Gasteiger partial charge in [-0.05, 0) is 42.5 Å². The number of amides is 3. The molecule has 0 radical (unpaired) electrons. The van der Waals surface area contributed by atoms with Gasteiger partial charge in [0.05, 0.1) is 11.1 Å². The van der Waals surface area contributed by atoms with E-state index in [4.69, 9.17) is 14.2 Å². The molecule has 216 valence electrons. The maximum absolute atomic E-state index is 15.9. The van der Waals surface area contributed by atoms with Gasteiger partial charge in [-0.15, -0.1) is 0 Å². The average molecular weight is 578 g/mol. The molecule has 10 nitrogen and oxygen atoms in total. The molecule has 3 aromatic carbocycles. The van der Waals surface area contributed by atoms with Crippen LogP contribution in [0.2, 0.25) is 0 Å². The number of alkyl halides is 2. The lowest BCUT2D eigenvalue weighted by Gasteiger charge is -2.34. The van der Waals surface area contributed by atoms with E-state index in [-0.39, 0.29) is 11.1 Å². The van der Waals surface area contributed by atoms with Gasteiger partial charge >= 0.3 is 23.9 Å². The summed E-state index contributed by atoms with van der Waals surface area (Å²) in [7, 11) is 0. The first-order valence-electron chi connectivity index (χ1n) is 12.9. The molecule has 2 aliphatic rings. The molecular weight excluding hydrogens is 552 g/mol. The molecule has 2 heterocycles. The second-order valence-corrected chi connectivity index (χ2v) is 9.37. The highest BCUT2D eigenvalue weighted by Gasteiger charge is 2.64. The Balaban J connectivity index is 1.33. The second-order valence-electron chi connectivity index (χ2n) is 9.37. The van der Waals surface area contributed by atoms with Gasteiger partial charge in [0.1, 0.15) is 18.9 Å². The minimum Gasteiger partial charge on any atom is -0.459 e. The molecule has 0 bridgehead atoms. The van der Waals surface area contributed by atoms with Crippen LogP contribution in [0.1, 0.15) is 31.1 Å². The highest BCUT2D eigenvalue weighted by atomic mass is 19.3. The van der Waals surface area contributed by atoms with E-state index >= 15 is 8.78 Å². The number of ether oxygens (including phenoxy) is 3. The number of hydrogen-bond donors (Lipinski definition) is 2. The van der Waals surface area contributed by atoms with Gasteiger partial charge in [0.25, 0.3) is 5.91 Å². The number of carbonyl (C=O) groups is 4. The van der Waals surface area contributed by atoms with Crippen molar-refractivity contribution in [2.75, 3.05) is 6.61 Å². The Bertz CT molecular complexity index is 1470. The lowest BCUT2D eigenvalue weighted by Crippen LogP contribution is -2.59. The summed E-state index contributed by atoms with van der Waals surface area (Å²) in [5.41, 5.74) is 0.534. The summed E-state index contributed by atoms with van der Waals surface area (Å²) in [6, 6.07) is 22.6. The van der Waals surface area contributed by atoms with Gasteiger partial charge in [-0.2, -0.15) is 8.78 Å². The van der Waals surface area contributed by atoms with E-state index in [1.807, 2.05) is 0 Å². The Labute approximate surface area is 238 Å². The highest BCUT2D eigenvalue weighted by molar-refractivity contribution is 5.95. The Kier molecular flexibility index (Phi) is 8.25. The van der Waals surface area contributed by atoms with Crippen LogP contribution in [0.4, 0.5) is 13.6 Å². The van der Waals surface area contributed by atoms with E-state index in [0.717, 1.165) is 6.20 Å². The molecule has 1 fully saturated rings. The zero-order chi connectivity index (χ0) is 29.7. The monoisotopic (exact) mass is 577 g/mol. The van der Waals surface area contributed by atoms with Gasteiger partial charge in [-0.3, -0.25) is 9.69 Å². The molecule has 1 unspecified atom stereocenters. The molecule has 0 saturated carbocycles. The Morgan fingerprint density at radius 3 is 1.98 bits per heavy atom. The molecule has 12 heteroatoms. The number of carbonyl (C=O) groups excluding carboxylic acids is 4. The summed E-state index contributed by atoms with van der Waals surface area (Å²) in [5, 5.41) is 4.98. The van der Waals surface area contributed by atoms with Crippen molar-refractivity contribution in [1.82, 2.24) is 15.5 Å². The number of halogens is 2. The van der Waals surface area contributed by atoms with Gasteiger partial charge in [0, 0.05) is 11.8 Å². The summed E-state index contributed by atoms with van der Waals surface area (Å²) in [5.74, 6) is -6.27. The maximum Gasteiger partial charge on any atom is 0.338 e. The molecule has 42 heavy (non-hydrogen) atoms. The molecule has 4 atom stereocenters. The van der Waals surface area contributed by atoms with Crippen molar-refractivity contribution in [3.63, 3.8) is 0 Å². The summed E-state index contributed by atoms with van der Waals surface area (Å²) in [6.07, 6.45) is -4.73. The van der Waals surface area contributed by atoms with E-state index in [1.165, 1.54) is 42.5 Å². The predicted octanol–water partition coefficient (Wildman–Crippen LogP) is 3.72. The number of urea groups is 1. The van der Waals surface area contributed by atoms with E-state index in [0.29, 0.717) is 10.5 Å². The average Bonchev–Trinajstić information content (AvgIpc) is 3.25. The van der Waals surface area contributed by atoms with Gasteiger partial charge < -0.3 is 24.8 Å². The molecule has 0 aromatic heterocycles. The van der Waals surface area contributed by atoms with Crippen LogP contribution in [0.5, 0.6) is 0 Å². The van der Waals surface area contributed by atoms with Crippen LogP contribution in [0.3, 0.4) is 0 Å². The normalized spacial score (nSPS) is 22.6. The lowest BCUT2D eigenvalue weighted by atomic mass is 10.1. The second kappa shape index (κ2) is 12.2. The number of hydrogen-bond acceptors (Lipinski definition) is 7. The molecule has 3 aromatic rings. The minimum atomic E-state index is -3.93. The Hall–Kier alpha value is -5.10. The SMILES string of the molecule is O=C(NC1C=CN([C@@H]2O[C@H](COC(=O)c3ccccc3)[C@@H](OC(=O)c3ccccc3)C2(F)F)C(=O)N1)c1ccccc1. The summed E-state index contributed by atoms with van der Waals surface area (Å²) >= 11 is 0. The van der Waals surface area contributed by atoms with Crippen molar-refractivity contribution in [3.8, 4) is 0 Å². The van der Waals surface area contributed by atoms with Crippen molar-refractivity contribution < 1.29 is 42.2 Å². The van der Waals surface area contributed by atoms with Crippen molar-refractivity contribution in [2.45, 2.75) is 30.5 Å². The Morgan fingerprint density at radius 2 is 1.40 bits per heavy atom. The zero-order valence-corrected chi connectivity index (χ0v) is 21.9. The van der Waals surface area contributed by atoms with Crippen LogP contribution in [-0.4, -0.2) is 65.9 Å². The molecule has 0 spiro atoms. The topological polar surface area (TPSA) is 123 Å². The molecular formula is C30H25F2N3O7. The molecule has 0 aliphatic carbocycles. The first kappa shape index (κ1) is 28.4. The first-order valence-corrected chi connectivity index (χ1v) is 12.9. The van der Waals surface area contributed by atoms with Crippen molar-refractivity contribution in [2.24, 2.45) is 0 Å². The van der Waals surface area contributed by atoms with Gasteiger partial charge in [-0.1, -0.05) is 54.6 Å². The summed E-state index contributed by atoms with van der Waals surface area (Å²) in [4.78, 5) is 51.2. The van der Waals surface area contributed by atoms with E-state index in [2.05, 4.69) is 10.6 Å². The van der Waals surface area contributed by atoms with Crippen LogP contribution in [0.25, 0.3) is 0 Å². The van der Waals surface area contributed by atoms with Crippen molar-refractivity contribution in [3.05, 3.63) is 120 Å². The van der Waals surface area contributed by atoms with E-state index in [1.54, 1.807) is 54.6 Å². The van der Waals surface area contributed by atoms with Crippen molar-refractivity contribution in [1.29, 1.82) is 0 Å². The van der Waals surface area contributed by atoms with Crippen LogP contribution >= 0.6 is 0 Å². The fourth-order valence-electron chi connectivity index (χ4n) is 4.41. The number of nitrogens with one attached hydrogen (secondary N) is 2. The zero-order valence-electron chi connectivity index (χ0n) is 21.9. The molecule has 1 saturated heterocycles.